The second-order valence-electron chi connectivity index (χ2n) is 34.9. The third kappa shape index (κ3) is 30.9. The molecule has 0 bridgehead atoms. The van der Waals surface area contributed by atoms with Crippen LogP contribution in [0.3, 0.4) is 0 Å². The minimum atomic E-state index is -5.80. The normalized spacial score (nSPS) is 23.2. The lowest BCUT2D eigenvalue weighted by atomic mass is 9.79. The highest BCUT2D eigenvalue weighted by Gasteiger charge is 2.51. The van der Waals surface area contributed by atoms with Gasteiger partial charge in [-0.15, -0.1) is 0 Å². The predicted octanol–water partition coefficient (Wildman–Crippen LogP) is 16.3. The third-order valence-corrected chi connectivity index (χ3v) is 29.5. The molecular weight excluding hydrogens is 2360 g/mol. The van der Waals surface area contributed by atoms with Gasteiger partial charge in [-0.25, -0.2) is 39.5 Å². The van der Waals surface area contributed by atoms with E-state index in [2.05, 4.69) is 159 Å². The number of aromatic nitrogens is 6. The number of ketones is 2. The number of Topliss-reactive ketones (excluding diaryl/α,β-unsaturated/α-hetero) is 2. The zero-order valence-corrected chi connectivity index (χ0v) is 93.2. The predicted molar refractivity (Wildman–Crippen MR) is 548 cm³/mol. The summed E-state index contributed by atoms with van der Waals surface area (Å²) in [5.41, 5.74) is 0.537. The molecule has 148 heavy (non-hydrogen) atoms. The Bertz CT molecular complexity index is 5500. The molecule has 13 aliphatic rings. The zero-order valence-electron chi connectivity index (χ0n) is 82.9. The first kappa shape index (κ1) is 120. The second-order valence-corrected chi connectivity index (χ2v) is 41.9. The molecule has 4 amide bonds. The van der Waals surface area contributed by atoms with Crippen LogP contribution < -0.4 is 19.6 Å². The van der Waals surface area contributed by atoms with E-state index in [1.807, 2.05) is 27.7 Å². The van der Waals surface area contributed by atoms with Crippen molar-refractivity contribution in [1.29, 1.82) is 0 Å². The summed E-state index contributed by atoms with van der Waals surface area (Å²) in [5.74, 6) is -0.274. The molecule has 0 aliphatic carbocycles. The van der Waals surface area contributed by atoms with Crippen molar-refractivity contribution in [2.45, 2.75) is 155 Å². The molecule has 11 atom stereocenters. The zero-order chi connectivity index (χ0) is 107. The van der Waals surface area contributed by atoms with Gasteiger partial charge >= 0.3 is 39.5 Å². The molecule has 6 aromatic rings. The lowest BCUT2D eigenvalue weighted by molar-refractivity contribution is -0.157. The number of pyridine rings is 6. The first-order valence-electron chi connectivity index (χ1n) is 48.8. The van der Waals surface area contributed by atoms with E-state index in [4.69, 9.17) is 56.8 Å². The van der Waals surface area contributed by atoms with Gasteiger partial charge in [0.1, 0.15) is 46.3 Å². The van der Waals surface area contributed by atoms with Crippen molar-refractivity contribution in [3.05, 3.63) is 163 Å². The Morgan fingerprint density at radius 3 is 1.08 bits per heavy atom. The number of rotatable bonds is 16. The summed E-state index contributed by atoms with van der Waals surface area (Å²) in [7, 11) is -5.80. The van der Waals surface area contributed by atoms with Crippen molar-refractivity contribution < 1.29 is 144 Å². The molecule has 19 rings (SSSR count). The van der Waals surface area contributed by atoms with Gasteiger partial charge < -0.3 is 65.8 Å². The minimum Gasteiger partial charge on any atom is -0.466 e. The Kier molecular flexibility index (Phi) is 46.8. The van der Waals surface area contributed by atoms with Crippen LogP contribution in [0.2, 0.25) is 0 Å². The standard InChI is InChI=1S/C13H15BrFNO3.C13H13BrFNO3.4C13H15BrN2O2.C9H11F3O6S.C8H12O4.C5H8O2/c2*1-2-19-13(17)11-7-18-4-3-9(11)10-5-8(14)6-16-12(10)15;4*1-2-16-12-10(5-8(14)6-15-12)9-3-4-18-7-11(9)13(16)17;1-2-17-8(13)6-5-16-4-3-7(6)18-19(14,15)9(10,11)12;1-2-12-8(10)6-5-11-4-3-7(6)9;6-5-1-3-7-4-2-5/h5-6,9,11H,2-4,7H2,1H3;5-6H,2-4,7H2,1H3;4*5-6,9,11H,2-4,7H2,1H3;2-5H2,1H3;6H,2-5H2,1H3;1-4H2/t;;3*9-,11+;9-,11-;;;/m..1100.../s1. The summed E-state index contributed by atoms with van der Waals surface area (Å²) in [6.07, 6.45) is 15.8. The van der Waals surface area contributed by atoms with E-state index in [0.717, 1.165) is 93.3 Å². The molecule has 808 valence electrons. The lowest BCUT2D eigenvalue weighted by Gasteiger charge is -2.40. The van der Waals surface area contributed by atoms with Crippen molar-refractivity contribution in [3.63, 3.8) is 0 Å². The van der Waals surface area contributed by atoms with Crippen molar-refractivity contribution in [1.82, 2.24) is 29.9 Å². The summed E-state index contributed by atoms with van der Waals surface area (Å²) in [5, 5.41) is 0. The van der Waals surface area contributed by atoms with Gasteiger partial charge in [0.2, 0.25) is 35.5 Å². The number of fused-ring (bicyclic) bond motifs is 12. The average molecular weight is 2480 g/mol. The van der Waals surface area contributed by atoms with Crippen molar-refractivity contribution in [2.24, 2.45) is 35.5 Å². The fourth-order valence-corrected chi connectivity index (χ4v) is 21.4. The van der Waals surface area contributed by atoms with Gasteiger partial charge in [0, 0.05) is 212 Å². The Morgan fingerprint density at radius 1 is 0.372 bits per heavy atom. The first-order valence-corrected chi connectivity index (χ1v) is 55.0. The van der Waals surface area contributed by atoms with Crippen LogP contribution in [0.5, 0.6) is 0 Å². The van der Waals surface area contributed by atoms with Crippen LogP contribution in [0, 0.1) is 47.4 Å². The van der Waals surface area contributed by atoms with Gasteiger partial charge in [0.25, 0.3) is 0 Å². The smallest absolute Gasteiger partial charge is 0.466 e. The summed E-state index contributed by atoms with van der Waals surface area (Å²) in [6, 6.07) is 11.7. The van der Waals surface area contributed by atoms with E-state index >= 15 is 0 Å². The van der Waals surface area contributed by atoms with Crippen molar-refractivity contribution >= 4 is 194 Å². The van der Waals surface area contributed by atoms with E-state index in [-0.39, 0.29) is 147 Å². The SMILES string of the molecule is CCN1C(=O)[C@@H]2COCC[C@H]2c2cc(Br)cnc21.CCN1C(=O)[C@H]2COCC[C@@H]2c2cc(Br)cnc21.CCN1C(=O)[C@H]2COCC[C@@H]2c2cc(Br)cnc21.CCN1C(=O)[C@H]2COCC[C@H]2c2cc(Br)cnc21.CCOC(=O)C1=C(OS(=O)(=O)C(F)(F)F)CCOC1.CCOC(=O)C1=C(c2cc(Br)cnc2F)CCOC1.CCOC(=O)C1COCCC1=O.CCOC(=O)C1COCCC1c1cc(Br)cnc1F.O=C1CCOCC1. The van der Waals surface area contributed by atoms with E-state index in [0.29, 0.717) is 168 Å². The number of halogens is 11. The fraction of sp³-hybridized carbons (Fsp3) is 0.560. The molecule has 0 N–H and O–H groups in total. The highest BCUT2D eigenvalue weighted by Crippen LogP contribution is 2.49. The highest BCUT2D eigenvalue weighted by atomic mass is 79.9. The molecule has 48 heteroatoms. The number of hydrogen-bond acceptors (Lipinski definition) is 32. The summed E-state index contributed by atoms with van der Waals surface area (Å²) < 4.78 is 162. The number of anilines is 4. The van der Waals surface area contributed by atoms with Gasteiger partial charge in [-0.2, -0.15) is 30.4 Å². The molecule has 19 heterocycles. The van der Waals surface area contributed by atoms with Crippen LogP contribution in [0.15, 0.2) is 117 Å². The van der Waals surface area contributed by atoms with Gasteiger partial charge in [0.05, 0.1) is 147 Å². The highest BCUT2D eigenvalue weighted by molar-refractivity contribution is 9.11. The molecule has 0 radical (unpaired) electrons. The van der Waals surface area contributed by atoms with Crippen molar-refractivity contribution in [2.75, 3.05) is 191 Å². The largest absolute Gasteiger partial charge is 0.534 e. The average Bonchev–Trinajstić information content (AvgIpc) is 0.765. The number of carbonyl (C=O) groups is 10. The molecular formula is C100H119Br6F5N10O26S. The van der Waals surface area contributed by atoms with Crippen molar-refractivity contribution in [3.8, 4) is 0 Å². The first-order chi connectivity index (χ1) is 71.0. The van der Waals surface area contributed by atoms with Gasteiger partial charge in [-0.1, -0.05) is 0 Å². The van der Waals surface area contributed by atoms with Crippen LogP contribution >= 0.6 is 95.6 Å². The van der Waals surface area contributed by atoms with E-state index in [1.54, 1.807) is 77.3 Å². The van der Waals surface area contributed by atoms with Crippen LogP contribution in [0.1, 0.15) is 183 Å². The van der Waals surface area contributed by atoms with E-state index in [9.17, 15) is 78.3 Å². The van der Waals surface area contributed by atoms with Crippen LogP contribution in [-0.2, 0) is 124 Å². The van der Waals surface area contributed by atoms with Crippen LogP contribution in [0.25, 0.3) is 5.57 Å². The van der Waals surface area contributed by atoms with E-state index < -0.39 is 63.0 Å². The fourth-order valence-electron chi connectivity index (χ4n) is 18.8. The lowest BCUT2D eigenvalue weighted by Crippen LogP contribution is -2.47. The molecule has 6 aromatic heterocycles. The third-order valence-electron chi connectivity index (χ3n) is 25.9. The Hall–Kier alpha value is -8.60. The minimum absolute atomic E-state index is 0.0123. The number of ether oxygens (including phenoxy) is 13. The molecule has 3 unspecified atom stereocenters. The maximum atomic E-state index is 13.9. The Labute approximate surface area is 904 Å². The molecule has 13 aliphatic heterocycles. The van der Waals surface area contributed by atoms with Gasteiger partial charge in [-0.3, -0.25) is 58.0 Å². The molecule has 0 aromatic carbocycles. The van der Waals surface area contributed by atoms with Crippen LogP contribution in [-0.4, -0.2) is 274 Å². The number of nitrogens with zero attached hydrogens (tertiary/aromatic N) is 10. The molecule has 0 spiro atoms. The maximum Gasteiger partial charge on any atom is 0.534 e. The van der Waals surface area contributed by atoms with Gasteiger partial charge in [-0.05, 0) is 231 Å². The summed E-state index contributed by atoms with van der Waals surface area (Å²) in [6.45, 7) is 26.0. The topological polar surface area (TPSA) is 424 Å². The summed E-state index contributed by atoms with van der Waals surface area (Å²) in [4.78, 5) is 150. The van der Waals surface area contributed by atoms with Gasteiger partial charge in [0.15, 0.2) is 5.78 Å². The number of alkyl halides is 3. The van der Waals surface area contributed by atoms with E-state index in [1.165, 1.54) is 41.6 Å². The number of amides is 4. The molecule has 7 fully saturated rings. The summed E-state index contributed by atoms with van der Waals surface area (Å²) >= 11 is 20.4. The molecule has 7 saturated heterocycles. The van der Waals surface area contributed by atoms with Crippen LogP contribution in [0.4, 0.5) is 45.2 Å². The quantitative estimate of drug-likeness (QED) is 0.0165. The number of esters is 4. The number of carbonyl (C=O) groups excluding carboxylic acids is 10. The second kappa shape index (κ2) is 57.9. The molecule has 0 saturated carbocycles. The monoisotopic (exact) mass is 2480 g/mol. The Balaban J connectivity index is 0.000000159. The Morgan fingerprint density at radius 2 is 0.703 bits per heavy atom. The number of hydrogen-bond donors (Lipinski definition) is 0. The molecule has 36 nitrogen and oxygen atoms in total. The maximum absolute atomic E-state index is 13.9.